The SMILES string of the molecule is ClCc1ccccc1.[Zr]. The molecular weight excluding hydrogens is 211 g/mol. The molecule has 0 aliphatic heterocycles. The molecule has 1 aromatic carbocycles. The van der Waals surface area contributed by atoms with Crippen LogP contribution in [0.3, 0.4) is 0 Å². The van der Waals surface area contributed by atoms with Gasteiger partial charge in [0.25, 0.3) is 0 Å². The summed E-state index contributed by atoms with van der Waals surface area (Å²) in [5.74, 6) is 0.612. The van der Waals surface area contributed by atoms with Crippen LogP contribution in [0.15, 0.2) is 30.3 Å². The van der Waals surface area contributed by atoms with Crippen LogP contribution in [0.1, 0.15) is 5.56 Å². The Morgan fingerprint density at radius 2 is 1.67 bits per heavy atom. The van der Waals surface area contributed by atoms with Gasteiger partial charge in [-0.3, -0.25) is 0 Å². The van der Waals surface area contributed by atoms with Crippen molar-refractivity contribution in [3.63, 3.8) is 0 Å². The minimum absolute atomic E-state index is 0. The molecule has 0 spiro atoms. The van der Waals surface area contributed by atoms with Crippen molar-refractivity contribution >= 4 is 11.6 Å². The maximum atomic E-state index is 5.53. The predicted octanol–water partition coefficient (Wildman–Crippen LogP) is 2.42. The van der Waals surface area contributed by atoms with Gasteiger partial charge in [0.15, 0.2) is 0 Å². The molecule has 0 amide bonds. The monoisotopic (exact) mass is 216 g/mol. The Morgan fingerprint density at radius 1 is 1.11 bits per heavy atom. The van der Waals surface area contributed by atoms with E-state index in [0.717, 1.165) is 0 Å². The third-order valence-electron chi connectivity index (χ3n) is 0.997. The number of hydrogen-bond donors (Lipinski definition) is 0. The molecule has 0 bridgehead atoms. The number of hydrogen-bond acceptors (Lipinski definition) is 0. The van der Waals surface area contributed by atoms with Crippen molar-refractivity contribution < 1.29 is 26.2 Å². The van der Waals surface area contributed by atoms with Crippen LogP contribution in [0.2, 0.25) is 0 Å². The molecule has 0 fully saturated rings. The Balaban J connectivity index is 0.000000640. The fourth-order valence-electron chi connectivity index (χ4n) is 0.567. The maximum absolute atomic E-state index is 5.53. The minimum Gasteiger partial charge on any atom is -0.122 e. The Morgan fingerprint density at radius 3 is 2.00 bits per heavy atom. The van der Waals surface area contributed by atoms with Gasteiger partial charge in [0.2, 0.25) is 0 Å². The number of alkyl halides is 1. The van der Waals surface area contributed by atoms with E-state index in [2.05, 4.69) is 0 Å². The van der Waals surface area contributed by atoms with Gasteiger partial charge in [-0.1, -0.05) is 30.3 Å². The van der Waals surface area contributed by atoms with Gasteiger partial charge in [-0.2, -0.15) is 0 Å². The van der Waals surface area contributed by atoms with Gasteiger partial charge in [0, 0.05) is 32.1 Å². The van der Waals surface area contributed by atoms with Crippen LogP contribution in [0.25, 0.3) is 0 Å². The minimum atomic E-state index is 0. The van der Waals surface area contributed by atoms with Gasteiger partial charge in [-0.15, -0.1) is 11.6 Å². The third-order valence-corrected chi connectivity index (χ3v) is 1.31. The van der Waals surface area contributed by atoms with E-state index < -0.39 is 0 Å². The standard InChI is InChI=1S/C7H7Cl.Zr/c8-6-7-4-2-1-3-5-7;/h1-5H,6H2;. The van der Waals surface area contributed by atoms with Crippen molar-refractivity contribution in [1.29, 1.82) is 0 Å². The van der Waals surface area contributed by atoms with E-state index in [4.69, 9.17) is 11.6 Å². The van der Waals surface area contributed by atoms with Crippen molar-refractivity contribution in [1.82, 2.24) is 0 Å². The van der Waals surface area contributed by atoms with Crippen LogP contribution in [0.4, 0.5) is 0 Å². The molecule has 9 heavy (non-hydrogen) atoms. The summed E-state index contributed by atoms with van der Waals surface area (Å²) in [4.78, 5) is 0. The molecule has 0 saturated carbocycles. The second kappa shape index (κ2) is 5.20. The molecule has 0 heterocycles. The molecule has 0 aliphatic carbocycles. The van der Waals surface area contributed by atoms with Crippen molar-refractivity contribution in [2.24, 2.45) is 0 Å². The maximum Gasteiger partial charge on any atom is 0.0474 e. The predicted molar refractivity (Wildman–Crippen MR) is 36.0 cm³/mol. The molecule has 0 N–H and O–H groups in total. The Hall–Kier alpha value is 0.393. The van der Waals surface area contributed by atoms with E-state index in [0.29, 0.717) is 5.88 Å². The van der Waals surface area contributed by atoms with E-state index in [1.54, 1.807) is 0 Å². The van der Waals surface area contributed by atoms with Crippen molar-refractivity contribution in [3.8, 4) is 0 Å². The Bertz CT molecular complexity index is 150. The van der Waals surface area contributed by atoms with Crippen molar-refractivity contribution in [2.75, 3.05) is 0 Å². The van der Waals surface area contributed by atoms with E-state index in [-0.39, 0.29) is 26.2 Å². The molecule has 0 aliphatic rings. The molecular formula is C7H7ClZr. The summed E-state index contributed by atoms with van der Waals surface area (Å²) in [5, 5.41) is 0. The summed E-state index contributed by atoms with van der Waals surface area (Å²) in [7, 11) is 0. The quantitative estimate of drug-likeness (QED) is 0.634. The largest absolute Gasteiger partial charge is 0.122 e. The fraction of sp³-hybridized carbons (Fsp3) is 0.143. The zero-order valence-corrected chi connectivity index (χ0v) is 8.19. The van der Waals surface area contributed by atoms with Gasteiger partial charge in [-0.25, -0.2) is 0 Å². The first kappa shape index (κ1) is 9.39. The van der Waals surface area contributed by atoms with Crippen molar-refractivity contribution in [3.05, 3.63) is 35.9 Å². The number of rotatable bonds is 1. The molecule has 0 radical (unpaired) electrons. The smallest absolute Gasteiger partial charge is 0.0474 e. The first-order chi connectivity index (χ1) is 3.93. The molecule has 2 heteroatoms. The van der Waals surface area contributed by atoms with E-state index in [9.17, 15) is 0 Å². The summed E-state index contributed by atoms with van der Waals surface area (Å²) in [6.45, 7) is 0. The summed E-state index contributed by atoms with van der Waals surface area (Å²) < 4.78 is 0. The zero-order valence-electron chi connectivity index (χ0n) is 4.97. The second-order valence-corrected chi connectivity index (χ2v) is 1.89. The molecule has 0 saturated heterocycles. The summed E-state index contributed by atoms with van der Waals surface area (Å²) in [6, 6.07) is 9.96. The molecule has 46 valence electrons. The molecule has 0 unspecified atom stereocenters. The normalized spacial score (nSPS) is 8.11. The van der Waals surface area contributed by atoms with Gasteiger partial charge in [-0.05, 0) is 5.56 Å². The summed E-state index contributed by atoms with van der Waals surface area (Å²) in [6.07, 6.45) is 0. The first-order valence-corrected chi connectivity index (χ1v) is 3.07. The Kier molecular flexibility index (Phi) is 5.43. The molecule has 0 nitrogen and oxygen atoms in total. The van der Waals surface area contributed by atoms with Crippen LogP contribution in [0, 0.1) is 0 Å². The van der Waals surface area contributed by atoms with E-state index in [1.165, 1.54) is 5.56 Å². The average Bonchev–Trinajstić information content (AvgIpc) is 1.90. The number of halogens is 1. The zero-order chi connectivity index (χ0) is 5.82. The molecule has 0 atom stereocenters. The molecule has 1 rings (SSSR count). The molecule has 0 aromatic heterocycles. The van der Waals surface area contributed by atoms with E-state index >= 15 is 0 Å². The average molecular weight is 218 g/mol. The summed E-state index contributed by atoms with van der Waals surface area (Å²) in [5.41, 5.74) is 1.18. The Labute approximate surface area is 79.3 Å². The summed E-state index contributed by atoms with van der Waals surface area (Å²) >= 11 is 5.53. The number of benzene rings is 1. The topological polar surface area (TPSA) is 0 Å². The first-order valence-electron chi connectivity index (χ1n) is 2.53. The van der Waals surface area contributed by atoms with Crippen LogP contribution >= 0.6 is 11.6 Å². The van der Waals surface area contributed by atoms with Crippen LogP contribution in [-0.2, 0) is 32.1 Å². The van der Waals surface area contributed by atoms with E-state index in [1.807, 2.05) is 30.3 Å². The van der Waals surface area contributed by atoms with Gasteiger partial charge in [0.1, 0.15) is 0 Å². The van der Waals surface area contributed by atoms with Crippen molar-refractivity contribution in [2.45, 2.75) is 5.88 Å². The van der Waals surface area contributed by atoms with Crippen LogP contribution in [0.5, 0.6) is 0 Å². The van der Waals surface area contributed by atoms with Crippen LogP contribution in [-0.4, -0.2) is 0 Å². The van der Waals surface area contributed by atoms with Crippen LogP contribution < -0.4 is 0 Å². The van der Waals surface area contributed by atoms with Gasteiger partial charge >= 0.3 is 0 Å². The third kappa shape index (κ3) is 3.18. The fourth-order valence-corrected chi connectivity index (χ4v) is 0.745. The van der Waals surface area contributed by atoms with Gasteiger partial charge < -0.3 is 0 Å². The molecule has 1 aromatic rings. The second-order valence-electron chi connectivity index (χ2n) is 1.62. The van der Waals surface area contributed by atoms with Gasteiger partial charge in [0.05, 0.1) is 0 Å².